The average molecular weight is 249 g/mol. The maximum absolute atomic E-state index is 13.6. The first-order chi connectivity index (χ1) is 8.63. The van der Waals surface area contributed by atoms with E-state index in [9.17, 15) is 8.78 Å². The molecular formula is C14H13F2NO. The molecule has 0 heterocycles. The second-order valence-corrected chi connectivity index (χ2v) is 3.90. The van der Waals surface area contributed by atoms with E-state index in [2.05, 4.69) is 0 Å². The van der Waals surface area contributed by atoms with Gasteiger partial charge in [0.2, 0.25) is 0 Å². The lowest BCUT2D eigenvalue weighted by molar-refractivity contribution is 0.414. The first-order valence-electron chi connectivity index (χ1n) is 5.47. The molecule has 0 saturated carbocycles. The molecule has 0 aliphatic rings. The number of nitrogens with two attached hydrogens (primary N) is 1. The molecule has 0 aromatic heterocycles. The van der Waals surface area contributed by atoms with Crippen LogP contribution in [0.4, 0.5) is 8.78 Å². The highest BCUT2D eigenvalue weighted by Crippen LogP contribution is 2.25. The lowest BCUT2D eigenvalue weighted by Gasteiger charge is -2.14. The Morgan fingerprint density at radius 1 is 1.11 bits per heavy atom. The van der Waals surface area contributed by atoms with Gasteiger partial charge >= 0.3 is 0 Å². The van der Waals surface area contributed by atoms with E-state index in [1.54, 1.807) is 24.3 Å². The molecule has 2 aromatic rings. The summed E-state index contributed by atoms with van der Waals surface area (Å²) in [6, 6.07) is 10.2. The Balaban J connectivity index is 2.41. The van der Waals surface area contributed by atoms with Crippen molar-refractivity contribution in [3.05, 3.63) is 65.2 Å². The minimum absolute atomic E-state index is 0.128. The van der Waals surface area contributed by atoms with Gasteiger partial charge in [0.1, 0.15) is 5.75 Å². The van der Waals surface area contributed by atoms with Crippen molar-refractivity contribution in [1.29, 1.82) is 0 Å². The molecule has 0 aliphatic heterocycles. The van der Waals surface area contributed by atoms with Crippen molar-refractivity contribution in [3.63, 3.8) is 0 Å². The van der Waals surface area contributed by atoms with E-state index >= 15 is 0 Å². The summed E-state index contributed by atoms with van der Waals surface area (Å²) in [6.07, 6.45) is 0. The van der Waals surface area contributed by atoms with Crippen LogP contribution in [0.25, 0.3) is 0 Å². The van der Waals surface area contributed by atoms with Crippen LogP contribution >= 0.6 is 0 Å². The molecule has 2 N–H and O–H groups in total. The molecular weight excluding hydrogens is 236 g/mol. The summed E-state index contributed by atoms with van der Waals surface area (Å²) in [5.41, 5.74) is 6.74. The number of rotatable bonds is 3. The summed E-state index contributed by atoms with van der Waals surface area (Å²) < 4.78 is 31.9. The van der Waals surface area contributed by atoms with Crippen LogP contribution in [-0.2, 0) is 0 Å². The lowest BCUT2D eigenvalue weighted by atomic mass is 9.99. The molecule has 0 radical (unpaired) electrons. The van der Waals surface area contributed by atoms with E-state index < -0.39 is 17.7 Å². The highest BCUT2D eigenvalue weighted by Gasteiger charge is 2.16. The normalized spacial score (nSPS) is 12.2. The zero-order valence-electron chi connectivity index (χ0n) is 9.86. The van der Waals surface area contributed by atoms with Gasteiger partial charge in [-0.15, -0.1) is 0 Å². The van der Waals surface area contributed by atoms with Gasteiger partial charge in [-0.2, -0.15) is 0 Å². The Morgan fingerprint density at radius 2 is 1.83 bits per heavy atom. The first kappa shape index (κ1) is 12.5. The van der Waals surface area contributed by atoms with Crippen molar-refractivity contribution in [2.24, 2.45) is 5.73 Å². The molecule has 0 aliphatic carbocycles. The molecule has 18 heavy (non-hydrogen) atoms. The molecule has 1 unspecified atom stereocenters. The summed E-state index contributed by atoms with van der Waals surface area (Å²) in [7, 11) is 1.54. The van der Waals surface area contributed by atoms with Gasteiger partial charge in [0.05, 0.1) is 13.2 Å². The van der Waals surface area contributed by atoms with E-state index in [0.29, 0.717) is 11.3 Å². The van der Waals surface area contributed by atoms with Gasteiger partial charge in [0.25, 0.3) is 0 Å². The van der Waals surface area contributed by atoms with Crippen LogP contribution in [0.5, 0.6) is 5.75 Å². The van der Waals surface area contributed by atoms with Crippen molar-refractivity contribution in [3.8, 4) is 5.75 Å². The summed E-state index contributed by atoms with van der Waals surface area (Å²) in [5, 5.41) is 0. The second-order valence-electron chi connectivity index (χ2n) is 3.90. The number of benzene rings is 2. The topological polar surface area (TPSA) is 35.2 Å². The molecule has 4 heteroatoms. The van der Waals surface area contributed by atoms with Crippen molar-refractivity contribution < 1.29 is 13.5 Å². The quantitative estimate of drug-likeness (QED) is 0.907. The highest BCUT2D eigenvalue weighted by molar-refractivity contribution is 5.37. The standard InChI is InChI=1S/C14H13F2NO/c1-18-10-5-2-4-9(8-10)14(17)11-6-3-7-12(15)13(11)16/h2-8,14H,17H2,1H3. The molecule has 1 atom stereocenters. The van der Waals surface area contributed by atoms with E-state index in [4.69, 9.17) is 10.5 Å². The van der Waals surface area contributed by atoms with Crippen LogP contribution < -0.4 is 10.5 Å². The van der Waals surface area contributed by atoms with Gasteiger partial charge in [-0.25, -0.2) is 8.78 Å². The number of methoxy groups -OCH3 is 1. The fraction of sp³-hybridized carbons (Fsp3) is 0.143. The predicted octanol–water partition coefficient (Wildman–Crippen LogP) is 3.02. The van der Waals surface area contributed by atoms with E-state index in [0.717, 1.165) is 6.07 Å². The Morgan fingerprint density at radius 3 is 2.56 bits per heavy atom. The second kappa shape index (κ2) is 5.14. The zero-order chi connectivity index (χ0) is 13.1. The van der Waals surface area contributed by atoms with Gasteiger partial charge in [0, 0.05) is 5.56 Å². The molecule has 0 amide bonds. The van der Waals surface area contributed by atoms with Crippen LogP contribution in [0.15, 0.2) is 42.5 Å². The third kappa shape index (κ3) is 2.33. The fourth-order valence-electron chi connectivity index (χ4n) is 1.78. The zero-order valence-corrected chi connectivity index (χ0v) is 9.86. The van der Waals surface area contributed by atoms with E-state index in [1.807, 2.05) is 0 Å². The molecule has 0 bridgehead atoms. The SMILES string of the molecule is COc1cccc(C(N)c2cccc(F)c2F)c1. The van der Waals surface area contributed by atoms with Gasteiger partial charge in [-0.05, 0) is 23.8 Å². The van der Waals surface area contributed by atoms with Gasteiger partial charge in [-0.3, -0.25) is 0 Å². The molecule has 0 saturated heterocycles. The monoisotopic (exact) mass is 249 g/mol. The van der Waals surface area contributed by atoms with Crippen LogP contribution in [0, 0.1) is 11.6 Å². The number of ether oxygens (including phenoxy) is 1. The van der Waals surface area contributed by atoms with Crippen molar-refractivity contribution in [1.82, 2.24) is 0 Å². The minimum atomic E-state index is -0.909. The summed E-state index contributed by atoms with van der Waals surface area (Å²) in [4.78, 5) is 0. The number of hydrogen-bond acceptors (Lipinski definition) is 2. The highest BCUT2D eigenvalue weighted by atomic mass is 19.2. The lowest BCUT2D eigenvalue weighted by Crippen LogP contribution is -2.14. The van der Waals surface area contributed by atoms with Gasteiger partial charge in [0.15, 0.2) is 11.6 Å². The molecule has 2 nitrogen and oxygen atoms in total. The third-order valence-electron chi connectivity index (χ3n) is 2.77. The summed E-state index contributed by atoms with van der Waals surface area (Å²) in [6.45, 7) is 0. The molecule has 2 rings (SSSR count). The largest absolute Gasteiger partial charge is 0.497 e. The molecule has 0 spiro atoms. The summed E-state index contributed by atoms with van der Waals surface area (Å²) >= 11 is 0. The van der Waals surface area contributed by atoms with Crippen LogP contribution in [0.1, 0.15) is 17.2 Å². The minimum Gasteiger partial charge on any atom is -0.497 e. The van der Waals surface area contributed by atoms with E-state index in [1.165, 1.54) is 19.2 Å². The van der Waals surface area contributed by atoms with Gasteiger partial charge < -0.3 is 10.5 Å². The maximum atomic E-state index is 13.6. The maximum Gasteiger partial charge on any atom is 0.163 e. The van der Waals surface area contributed by atoms with Crippen LogP contribution in [-0.4, -0.2) is 7.11 Å². The van der Waals surface area contributed by atoms with E-state index in [-0.39, 0.29) is 5.56 Å². The number of halogens is 2. The molecule has 94 valence electrons. The van der Waals surface area contributed by atoms with Crippen molar-refractivity contribution in [2.75, 3.05) is 7.11 Å². The first-order valence-corrected chi connectivity index (χ1v) is 5.47. The van der Waals surface area contributed by atoms with Gasteiger partial charge in [-0.1, -0.05) is 24.3 Å². The predicted molar refractivity (Wildman–Crippen MR) is 65.4 cm³/mol. The fourth-order valence-corrected chi connectivity index (χ4v) is 1.78. The van der Waals surface area contributed by atoms with Crippen molar-refractivity contribution >= 4 is 0 Å². The smallest absolute Gasteiger partial charge is 0.163 e. The Hall–Kier alpha value is -1.94. The Labute approximate surface area is 104 Å². The number of hydrogen-bond donors (Lipinski definition) is 1. The van der Waals surface area contributed by atoms with Crippen LogP contribution in [0.3, 0.4) is 0 Å². The molecule has 2 aromatic carbocycles. The van der Waals surface area contributed by atoms with Crippen LogP contribution in [0.2, 0.25) is 0 Å². The summed E-state index contributed by atoms with van der Waals surface area (Å²) in [5.74, 6) is -1.18. The Bertz CT molecular complexity index is 557. The Kier molecular flexibility index (Phi) is 3.58. The van der Waals surface area contributed by atoms with Crippen molar-refractivity contribution in [2.45, 2.75) is 6.04 Å². The third-order valence-corrected chi connectivity index (χ3v) is 2.77. The molecule has 0 fully saturated rings. The average Bonchev–Trinajstić information content (AvgIpc) is 2.41.